The Kier molecular flexibility index (Phi) is 4.32. The summed E-state index contributed by atoms with van der Waals surface area (Å²) in [6.07, 6.45) is 0. The van der Waals surface area contributed by atoms with Crippen molar-refractivity contribution >= 4 is 29.2 Å². The first-order chi connectivity index (χ1) is 9.60. The van der Waals surface area contributed by atoms with Gasteiger partial charge >= 0.3 is 5.97 Å². The standard InChI is InChI=1S/C14H11ClN2O3/c1-20-14(19)9-4-2-5-10(8-9)16-13(18)11-6-3-7-12(15)17-11/h2-8H,1H3,(H,16,18). The van der Waals surface area contributed by atoms with Gasteiger partial charge in [0.2, 0.25) is 0 Å². The van der Waals surface area contributed by atoms with Crippen LogP contribution in [0.4, 0.5) is 5.69 Å². The van der Waals surface area contributed by atoms with Crippen molar-refractivity contribution in [3.05, 3.63) is 58.9 Å². The van der Waals surface area contributed by atoms with Crippen LogP contribution in [0.25, 0.3) is 0 Å². The number of anilines is 1. The van der Waals surface area contributed by atoms with E-state index >= 15 is 0 Å². The Hall–Kier alpha value is -2.40. The number of aromatic nitrogens is 1. The average Bonchev–Trinajstić information content (AvgIpc) is 2.46. The number of methoxy groups -OCH3 is 1. The van der Waals surface area contributed by atoms with Gasteiger partial charge in [-0.1, -0.05) is 23.7 Å². The van der Waals surface area contributed by atoms with E-state index in [2.05, 4.69) is 15.0 Å². The van der Waals surface area contributed by atoms with E-state index in [4.69, 9.17) is 11.6 Å². The summed E-state index contributed by atoms with van der Waals surface area (Å²) in [6.45, 7) is 0. The van der Waals surface area contributed by atoms with E-state index in [1.165, 1.54) is 13.2 Å². The molecule has 2 aromatic rings. The van der Waals surface area contributed by atoms with Gasteiger partial charge in [-0.15, -0.1) is 0 Å². The number of hydrogen-bond acceptors (Lipinski definition) is 4. The summed E-state index contributed by atoms with van der Waals surface area (Å²) in [6, 6.07) is 11.2. The highest BCUT2D eigenvalue weighted by atomic mass is 35.5. The molecule has 0 saturated carbocycles. The van der Waals surface area contributed by atoms with Crippen LogP contribution in [0.5, 0.6) is 0 Å². The summed E-state index contributed by atoms with van der Waals surface area (Å²) in [5.74, 6) is -0.878. The molecule has 1 heterocycles. The van der Waals surface area contributed by atoms with Crippen molar-refractivity contribution in [2.75, 3.05) is 12.4 Å². The number of esters is 1. The van der Waals surface area contributed by atoms with Crippen LogP contribution < -0.4 is 5.32 Å². The Morgan fingerprint density at radius 1 is 1.20 bits per heavy atom. The molecule has 0 radical (unpaired) electrons. The number of rotatable bonds is 3. The van der Waals surface area contributed by atoms with Crippen LogP contribution >= 0.6 is 11.6 Å². The van der Waals surface area contributed by atoms with E-state index in [0.717, 1.165) is 0 Å². The molecule has 0 spiro atoms. The van der Waals surface area contributed by atoms with Crippen molar-refractivity contribution in [1.29, 1.82) is 0 Å². The fourth-order valence-corrected chi connectivity index (χ4v) is 1.74. The fourth-order valence-electron chi connectivity index (χ4n) is 1.57. The summed E-state index contributed by atoms with van der Waals surface area (Å²) in [5, 5.41) is 2.87. The number of nitrogens with zero attached hydrogens (tertiary/aromatic N) is 1. The quantitative estimate of drug-likeness (QED) is 0.697. The lowest BCUT2D eigenvalue weighted by Crippen LogP contribution is -2.14. The number of pyridine rings is 1. The second kappa shape index (κ2) is 6.16. The molecule has 0 aliphatic carbocycles. The van der Waals surface area contributed by atoms with E-state index in [1.807, 2.05) is 0 Å². The van der Waals surface area contributed by atoms with Crippen LogP contribution in [0.1, 0.15) is 20.8 Å². The maximum Gasteiger partial charge on any atom is 0.337 e. The monoisotopic (exact) mass is 290 g/mol. The maximum atomic E-state index is 12.0. The largest absolute Gasteiger partial charge is 0.465 e. The Labute approximate surface area is 120 Å². The Morgan fingerprint density at radius 2 is 1.95 bits per heavy atom. The predicted molar refractivity (Wildman–Crippen MR) is 75.0 cm³/mol. The molecule has 0 bridgehead atoms. The highest BCUT2D eigenvalue weighted by Gasteiger charge is 2.10. The molecule has 20 heavy (non-hydrogen) atoms. The molecule has 2 rings (SSSR count). The van der Waals surface area contributed by atoms with E-state index in [9.17, 15) is 9.59 Å². The molecule has 0 fully saturated rings. The van der Waals surface area contributed by atoms with Gasteiger partial charge in [-0.05, 0) is 30.3 Å². The first-order valence-electron chi connectivity index (χ1n) is 5.72. The lowest BCUT2D eigenvalue weighted by Gasteiger charge is -2.06. The summed E-state index contributed by atoms with van der Waals surface area (Å²) in [7, 11) is 1.30. The lowest BCUT2D eigenvalue weighted by atomic mass is 10.2. The Bertz CT molecular complexity index is 658. The van der Waals surface area contributed by atoms with Gasteiger partial charge in [-0.3, -0.25) is 4.79 Å². The third kappa shape index (κ3) is 3.33. The van der Waals surface area contributed by atoms with Gasteiger partial charge in [0, 0.05) is 5.69 Å². The van der Waals surface area contributed by atoms with Crippen LogP contribution in [-0.4, -0.2) is 24.0 Å². The first-order valence-corrected chi connectivity index (χ1v) is 6.10. The van der Waals surface area contributed by atoms with Crippen molar-refractivity contribution in [3.8, 4) is 0 Å². The molecule has 1 N–H and O–H groups in total. The minimum atomic E-state index is -0.470. The summed E-state index contributed by atoms with van der Waals surface area (Å²) >= 11 is 5.73. The molecule has 0 unspecified atom stereocenters. The van der Waals surface area contributed by atoms with Gasteiger partial charge in [0.25, 0.3) is 5.91 Å². The molecule has 0 aliphatic rings. The zero-order valence-electron chi connectivity index (χ0n) is 10.6. The van der Waals surface area contributed by atoms with Crippen LogP contribution in [-0.2, 0) is 4.74 Å². The summed E-state index contributed by atoms with van der Waals surface area (Å²) in [4.78, 5) is 27.3. The maximum absolute atomic E-state index is 12.0. The molecule has 1 aromatic carbocycles. The number of carbonyl (C=O) groups excluding carboxylic acids is 2. The Balaban J connectivity index is 2.18. The van der Waals surface area contributed by atoms with Gasteiger partial charge in [-0.2, -0.15) is 0 Å². The van der Waals surface area contributed by atoms with Crippen molar-refractivity contribution in [2.24, 2.45) is 0 Å². The molecule has 1 amide bonds. The summed E-state index contributed by atoms with van der Waals surface area (Å²) < 4.78 is 4.62. The fraction of sp³-hybridized carbons (Fsp3) is 0.0714. The number of benzene rings is 1. The second-order valence-electron chi connectivity index (χ2n) is 3.87. The number of nitrogens with one attached hydrogen (secondary N) is 1. The van der Waals surface area contributed by atoms with Crippen molar-refractivity contribution < 1.29 is 14.3 Å². The highest BCUT2D eigenvalue weighted by Crippen LogP contribution is 2.13. The van der Waals surface area contributed by atoms with Crippen LogP contribution in [0, 0.1) is 0 Å². The van der Waals surface area contributed by atoms with Crippen LogP contribution in [0.15, 0.2) is 42.5 Å². The van der Waals surface area contributed by atoms with Gasteiger partial charge in [-0.25, -0.2) is 9.78 Å². The zero-order chi connectivity index (χ0) is 14.5. The van der Waals surface area contributed by atoms with E-state index < -0.39 is 11.9 Å². The second-order valence-corrected chi connectivity index (χ2v) is 4.26. The van der Waals surface area contributed by atoms with E-state index in [0.29, 0.717) is 11.3 Å². The summed E-state index contributed by atoms with van der Waals surface area (Å²) in [5.41, 5.74) is 1.02. The minimum Gasteiger partial charge on any atom is -0.465 e. The molecule has 0 atom stereocenters. The van der Waals surface area contributed by atoms with Gasteiger partial charge < -0.3 is 10.1 Å². The SMILES string of the molecule is COC(=O)c1cccc(NC(=O)c2cccc(Cl)n2)c1. The van der Waals surface area contributed by atoms with Crippen LogP contribution in [0.2, 0.25) is 5.15 Å². The third-order valence-electron chi connectivity index (χ3n) is 2.49. The molecule has 5 nitrogen and oxygen atoms in total. The number of halogens is 1. The van der Waals surface area contributed by atoms with Crippen molar-refractivity contribution in [2.45, 2.75) is 0 Å². The molecule has 102 valence electrons. The number of hydrogen-bond donors (Lipinski definition) is 1. The van der Waals surface area contributed by atoms with E-state index in [-0.39, 0.29) is 10.8 Å². The topological polar surface area (TPSA) is 68.3 Å². The molecular weight excluding hydrogens is 280 g/mol. The predicted octanol–water partition coefficient (Wildman–Crippen LogP) is 2.77. The average molecular weight is 291 g/mol. The molecule has 0 aliphatic heterocycles. The molecule has 1 aromatic heterocycles. The van der Waals surface area contributed by atoms with Crippen molar-refractivity contribution in [1.82, 2.24) is 4.98 Å². The zero-order valence-corrected chi connectivity index (χ0v) is 11.3. The smallest absolute Gasteiger partial charge is 0.337 e. The molecule has 0 saturated heterocycles. The third-order valence-corrected chi connectivity index (χ3v) is 2.70. The van der Waals surface area contributed by atoms with E-state index in [1.54, 1.807) is 36.4 Å². The number of carbonyl (C=O) groups is 2. The normalized spacial score (nSPS) is 9.90. The lowest BCUT2D eigenvalue weighted by molar-refractivity contribution is 0.0600. The van der Waals surface area contributed by atoms with Crippen molar-refractivity contribution in [3.63, 3.8) is 0 Å². The van der Waals surface area contributed by atoms with Gasteiger partial charge in [0.05, 0.1) is 12.7 Å². The van der Waals surface area contributed by atoms with Crippen LogP contribution in [0.3, 0.4) is 0 Å². The van der Waals surface area contributed by atoms with Gasteiger partial charge in [0.15, 0.2) is 0 Å². The highest BCUT2D eigenvalue weighted by molar-refractivity contribution is 6.29. The number of ether oxygens (including phenoxy) is 1. The molecular formula is C14H11ClN2O3. The first kappa shape index (κ1) is 14.0. The minimum absolute atomic E-state index is 0.195. The Morgan fingerprint density at radius 3 is 2.65 bits per heavy atom. The van der Waals surface area contributed by atoms with Gasteiger partial charge in [0.1, 0.15) is 10.8 Å². The molecule has 6 heteroatoms. The number of amides is 1.